The van der Waals surface area contributed by atoms with Crippen LogP contribution in [0.5, 0.6) is 5.75 Å². The zero-order valence-electron chi connectivity index (χ0n) is 13.3. The Labute approximate surface area is 132 Å². The molecule has 1 aliphatic heterocycles. The predicted molar refractivity (Wildman–Crippen MR) is 87.6 cm³/mol. The highest BCUT2D eigenvalue weighted by atomic mass is 16.5. The Balaban J connectivity index is 1.74. The topological polar surface area (TPSA) is 61.8 Å². The Morgan fingerprint density at radius 3 is 2.59 bits per heavy atom. The van der Waals surface area contributed by atoms with Gasteiger partial charge in [0.05, 0.1) is 0 Å². The summed E-state index contributed by atoms with van der Waals surface area (Å²) in [6.07, 6.45) is 4.95. The minimum absolute atomic E-state index is 0.0730. The van der Waals surface area contributed by atoms with Crippen molar-refractivity contribution in [1.82, 2.24) is 4.90 Å². The molecule has 2 rings (SSSR count). The van der Waals surface area contributed by atoms with E-state index in [0.717, 1.165) is 37.4 Å². The molecule has 0 spiro atoms. The molecule has 0 aliphatic carbocycles. The number of nitrogens with zero attached hydrogens (tertiary/aromatic N) is 1. The van der Waals surface area contributed by atoms with Gasteiger partial charge in [-0.2, -0.15) is 0 Å². The first-order valence-electron chi connectivity index (χ1n) is 8.12. The SMILES string of the molecule is CCCCN1CCC(Oc2ccc(NCC(=O)O)cc2)CC1. The minimum atomic E-state index is -0.866. The van der Waals surface area contributed by atoms with Crippen molar-refractivity contribution in [2.75, 3.05) is 31.5 Å². The molecule has 2 N–H and O–H groups in total. The average Bonchev–Trinajstić information content (AvgIpc) is 2.53. The molecule has 1 aromatic rings. The fourth-order valence-electron chi connectivity index (χ4n) is 2.65. The molecule has 1 heterocycles. The first kappa shape index (κ1) is 16.6. The molecule has 22 heavy (non-hydrogen) atoms. The van der Waals surface area contributed by atoms with Crippen LogP contribution in [0.4, 0.5) is 5.69 Å². The molecule has 0 saturated carbocycles. The number of carboxylic acid groups (broad SMARTS) is 1. The van der Waals surface area contributed by atoms with Gasteiger partial charge in [-0.1, -0.05) is 13.3 Å². The van der Waals surface area contributed by atoms with Gasteiger partial charge in [-0.05, 0) is 50.1 Å². The van der Waals surface area contributed by atoms with Crippen molar-refractivity contribution >= 4 is 11.7 Å². The maximum absolute atomic E-state index is 10.5. The maximum atomic E-state index is 10.5. The van der Waals surface area contributed by atoms with E-state index in [1.54, 1.807) is 0 Å². The second-order valence-electron chi connectivity index (χ2n) is 5.78. The third-order valence-corrected chi connectivity index (χ3v) is 3.96. The van der Waals surface area contributed by atoms with E-state index in [4.69, 9.17) is 9.84 Å². The van der Waals surface area contributed by atoms with Crippen LogP contribution < -0.4 is 10.1 Å². The number of likely N-dealkylation sites (tertiary alicyclic amines) is 1. The molecular formula is C17H26N2O3. The van der Waals surface area contributed by atoms with Crippen molar-refractivity contribution in [1.29, 1.82) is 0 Å². The summed E-state index contributed by atoms with van der Waals surface area (Å²) in [6.45, 7) is 5.58. The number of unbranched alkanes of at least 4 members (excludes halogenated alkanes) is 1. The number of nitrogens with one attached hydrogen (secondary N) is 1. The fraction of sp³-hybridized carbons (Fsp3) is 0.588. The molecule has 1 saturated heterocycles. The normalized spacial score (nSPS) is 16.4. The largest absolute Gasteiger partial charge is 0.490 e. The smallest absolute Gasteiger partial charge is 0.322 e. The summed E-state index contributed by atoms with van der Waals surface area (Å²) in [5.41, 5.74) is 0.795. The third-order valence-electron chi connectivity index (χ3n) is 3.96. The number of hydrogen-bond donors (Lipinski definition) is 2. The number of carbonyl (C=O) groups is 1. The van der Waals surface area contributed by atoms with Crippen LogP contribution in [0, 0.1) is 0 Å². The number of carboxylic acids is 1. The highest BCUT2D eigenvalue weighted by molar-refractivity contribution is 5.72. The molecule has 0 amide bonds. The van der Waals surface area contributed by atoms with E-state index >= 15 is 0 Å². The summed E-state index contributed by atoms with van der Waals surface area (Å²) in [5, 5.41) is 11.5. The molecular weight excluding hydrogens is 280 g/mol. The van der Waals surface area contributed by atoms with Crippen molar-refractivity contribution in [3.8, 4) is 5.75 Å². The van der Waals surface area contributed by atoms with Gasteiger partial charge in [0, 0.05) is 18.8 Å². The standard InChI is InChI=1S/C17H26N2O3/c1-2-3-10-19-11-8-16(9-12-19)22-15-6-4-14(5-7-15)18-13-17(20)21/h4-7,16,18H,2-3,8-13H2,1H3,(H,20,21). The number of anilines is 1. The van der Waals surface area contributed by atoms with Crippen LogP contribution in [0.15, 0.2) is 24.3 Å². The van der Waals surface area contributed by atoms with Gasteiger partial charge in [-0.15, -0.1) is 0 Å². The van der Waals surface area contributed by atoms with Crippen LogP contribution in [-0.2, 0) is 4.79 Å². The van der Waals surface area contributed by atoms with Gasteiger partial charge in [0.15, 0.2) is 0 Å². The first-order valence-corrected chi connectivity index (χ1v) is 8.12. The number of rotatable bonds is 8. The van der Waals surface area contributed by atoms with Crippen molar-refractivity contribution in [3.05, 3.63) is 24.3 Å². The van der Waals surface area contributed by atoms with Gasteiger partial charge in [-0.3, -0.25) is 4.79 Å². The van der Waals surface area contributed by atoms with Crippen LogP contribution in [0.25, 0.3) is 0 Å². The molecule has 0 atom stereocenters. The molecule has 1 aromatic carbocycles. The van der Waals surface area contributed by atoms with Crippen LogP contribution in [0.3, 0.4) is 0 Å². The molecule has 0 bridgehead atoms. The second-order valence-corrected chi connectivity index (χ2v) is 5.78. The van der Waals surface area contributed by atoms with Crippen LogP contribution in [0.1, 0.15) is 32.6 Å². The van der Waals surface area contributed by atoms with Gasteiger partial charge >= 0.3 is 5.97 Å². The van der Waals surface area contributed by atoms with Crippen molar-refractivity contribution in [2.45, 2.75) is 38.7 Å². The number of hydrogen-bond acceptors (Lipinski definition) is 4. The molecule has 0 aromatic heterocycles. The predicted octanol–water partition coefficient (Wildman–Crippen LogP) is 2.83. The number of benzene rings is 1. The van der Waals surface area contributed by atoms with E-state index in [0.29, 0.717) is 0 Å². The van der Waals surface area contributed by atoms with E-state index in [1.165, 1.54) is 19.4 Å². The first-order chi connectivity index (χ1) is 10.7. The average molecular weight is 306 g/mol. The molecule has 122 valence electrons. The summed E-state index contributed by atoms with van der Waals surface area (Å²) in [7, 11) is 0. The quantitative estimate of drug-likeness (QED) is 0.773. The monoisotopic (exact) mass is 306 g/mol. The van der Waals surface area contributed by atoms with Gasteiger partial charge < -0.3 is 20.1 Å². The highest BCUT2D eigenvalue weighted by Crippen LogP contribution is 2.21. The van der Waals surface area contributed by atoms with Crippen LogP contribution in [-0.4, -0.2) is 48.3 Å². The molecule has 1 fully saturated rings. The summed E-state index contributed by atoms with van der Waals surface area (Å²) >= 11 is 0. The molecule has 5 nitrogen and oxygen atoms in total. The number of ether oxygens (including phenoxy) is 1. The van der Waals surface area contributed by atoms with E-state index in [9.17, 15) is 4.79 Å². The van der Waals surface area contributed by atoms with Crippen molar-refractivity contribution in [2.24, 2.45) is 0 Å². The zero-order valence-corrected chi connectivity index (χ0v) is 13.3. The lowest BCUT2D eigenvalue weighted by Crippen LogP contribution is -2.38. The zero-order chi connectivity index (χ0) is 15.8. The number of aliphatic carboxylic acids is 1. The van der Waals surface area contributed by atoms with Crippen LogP contribution in [0.2, 0.25) is 0 Å². The summed E-state index contributed by atoms with van der Waals surface area (Å²) in [5.74, 6) is -0.0111. The third kappa shape index (κ3) is 5.56. The van der Waals surface area contributed by atoms with Gasteiger partial charge in [0.2, 0.25) is 0 Å². The van der Waals surface area contributed by atoms with E-state index in [1.807, 2.05) is 24.3 Å². The van der Waals surface area contributed by atoms with Gasteiger partial charge in [0.25, 0.3) is 0 Å². The Morgan fingerprint density at radius 1 is 1.32 bits per heavy atom. The maximum Gasteiger partial charge on any atom is 0.322 e. The van der Waals surface area contributed by atoms with Crippen molar-refractivity contribution < 1.29 is 14.6 Å². The Morgan fingerprint density at radius 2 is 2.00 bits per heavy atom. The minimum Gasteiger partial charge on any atom is -0.490 e. The Kier molecular flexibility index (Phi) is 6.52. The van der Waals surface area contributed by atoms with E-state index < -0.39 is 5.97 Å². The molecule has 5 heteroatoms. The summed E-state index contributed by atoms with van der Waals surface area (Å²) in [4.78, 5) is 13.0. The van der Waals surface area contributed by atoms with E-state index in [2.05, 4.69) is 17.1 Å². The Bertz CT molecular complexity index is 453. The lowest BCUT2D eigenvalue weighted by Gasteiger charge is -2.32. The molecule has 1 aliphatic rings. The summed E-state index contributed by atoms with van der Waals surface area (Å²) in [6, 6.07) is 7.50. The van der Waals surface area contributed by atoms with Crippen molar-refractivity contribution in [3.63, 3.8) is 0 Å². The van der Waals surface area contributed by atoms with Gasteiger partial charge in [-0.25, -0.2) is 0 Å². The number of piperidine rings is 1. The van der Waals surface area contributed by atoms with Gasteiger partial charge in [0.1, 0.15) is 18.4 Å². The lowest BCUT2D eigenvalue weighted by atomic mass is 10.1. The lowest BCUT2D eigenvalue weighted by molar-refractivity contribution is -0.134. The second kappa shape index (κ2) is 8.63. The van der Waals surface area contributed by atoms with Crippen LogP contribution >= 0.6 is 0 Å². The Hall–Kier alpha value is -1.75. The van der Waals surface area contributed by atoms with E-state index in [-0.39, 0.29) is 12.6 Å². The molecule has 0 unspecified atom stereocenters. The summed E-state index contributed by atoms with van der Waals surface area (Å²) < 4.78 is 6.02. The molecule has 0 radical (unpaired) electrons. The highest BCUT2D eigenvalue weighted by Gasteiger charge is 2.19. The fourth-order valence-corrected chi connectivity index (χ4v) is 2.65.